The van der Waals surface area contributed by atoms with E-state index in [0.717, 1.165) is 24.4 Å². The second kappa shape index (κ2) is 7.44. The quantitative estimate of drug-likeness (QED) is 0.737. The minimum atomic E-state index is 0.0853. The van der Waals surface area contributed by atoms with Gasteiger partial charge in [-0.3, -0.25) is 0 Å². The van der Waals surface area contributed by atoms with Crippen LogP contribution >= 0.6 is 0 Å². The molecule has 0 saturated heterocycles. The molecule has 0 aliphatic carbocycles. The Bertz CT molecular complexity index is 286. The fourth-order valence-electron chi connectivity index (χ4n) is 1.41. The maximum atomic E-state index is 5.60. The van der Waals surface area contributed by atoms with Crippen LogP contribution in [0.15, 0.2) is 16.7 Å². The number of methoxy groups -OCH3 is 1. The van der Waals surface area contributed by atoms with E-state index in [9.17, 15) is 0 Å². The molecule has 1 N–H and O–H groups in total. The van der Waals surface area contributed by atoms with Gasteiger partial charge in [-0.05, 0) is 19.5 Å². The van der Waals surface area contributed by atoms with Crippen LogP contribution in [-0.2, 0) is 22.6 Å². The Hall–Kier alpha value is -0.840. The first kappa shape index (κ1) is 13.2. The molecule has 0 radical (unpaired) electrons. The van der Waals surface area contributed by atoms with Gasteiger partial charge in [0.1, 0.15) is 12.4 Å². The second-order valence-corrected chi connectivity index (χ2v) is 3.73. The van der Waals surface area contributed by atoms with Crippen molar-refractivity contribution in [2.45, 2.75) is 33.1 Å². The summed E-state index contributed by atoms with van der Waals surface area (Å²) in [7, 11) is 1.67. The molecule has 1 atom stereocenters. The molecule has 4 nitrogen and oxygen atoms in total. The van der Waals surface area contributed by atoms with Crippen molar-refractivity contribution < 1.29 is 13.9 Å². The Morgan fingerprint density at radius 2 is 2.31 bits per heavy atom. The number of furan rings is 1. The van der Waals surface area contributed by atoms with Gasteiger partial charge < -0.3 is 19.2 Å². The van der Waals surface area contributed by atoms with Gasteiger partial charge in [0.25, 0.3) is 0 Å². The highest BCUT2D eigenvalue weighted by Crippen LogP contribution is 2.12. The molecular formula is C12H21NO3. The first-order valence-electron chi connectivity index (χ1n) is 5.64. The van der Waals surface area contributed by atoms with E-state index in [1.165, 1.54) is 0 Å². The van der Waals surface area contributed by atoms with Crippen molar-refractivity contribution in [1.82, 2.24) is 5.32 Å². The standard InChI is InChI=1S/C12H21NO3/c1-4-13-7-11-5-6-15-12(11)9-16-10(2)8-14-3/h5-6,10,13H,4,7-9H2,1-3H3. The predicted octanol–water partition coefficient (Wildman–Crippen LogP) is 1.94. The molecule has 0 bridgehead atoms. The molecule has 4 heteroatoms. The van der Waals surface area contributed by atoms with Crippen LogP contribution in [0.2, 0.25) is 0 Å². The third kappa shape index (κ3) is 4.35. The van der Waals surface area contributed by atoms with Gasteiger partial charge in [0.2, 0.25) is 0 Å². The molecule has 1 unspecified atom stereocenters. The zero-order valence-corrected chi connectivity index (χ0v) is 10.3. The van der Waals surface area contributed by atoms with Crippen molar-refractivity contribution in [1.29, 1.82) is 0 Å². The lowest BCUT2D eigenvalue weighted by Crippen LogP contribution is -2.16. The Morgan fingerprint density at radius 3 is 3.00 bits per heavy atom. The zero-order chi connectivity index (χ0) is 11.8. The lowest BCUT2D eigenvalue weighted by molar-refractivity contribution is -0.00670. The predicted molar refractivity (Wildman–Crippen MR) is 62.2 cm³/mol. The minimum absolute atomic E-state index is 0.0853. The van der Waals surface area contributed by atoms with Crippen LogP contribution < -0.4 is 5.32 Å². The molecule has 1 rings (SSSR count). The lowest BCUT2D eigenvalue weighted by Gasteiger charge is -2.11. The summed E-state index contributed by atoms with van der Waals surface area (Å²) in [5.41, 5.74) is 1.16. The maximum absolute atomic E-state index is 5.60. The van der Waals surface area contributed by atoms with E-state index in [1.807, 2.05) is 13.0 Å². The van der Waals surface area contributed by atoms with Crippen molar-refractivity contribution in [3.05, 3.63) is 23.7 Å². The van der Waals surface area contributed by atoms with Crippen LogP contribution in [0.4, 0.5) is 0 Å². The third-order valence-corrected chi connectivity index (χ3v) is 2.30. The molecule has 0 saturated carbocycles. The average Bonchev–Trinajstić information content (AvgIpc) is 2.71. The molecule has 92 valence electrons. The van der Waals surface area contributed by atoms with Crippen LogP contribution in [-0.4, -0.2) is 26.4 Å². The van der Waals surface area contributed by atoms with Gasteiger partial charge in [0.15, 0.2) is 0 Å². The van der Waals surface area contributed by atoms with Crippen LogP contribution in [0.1, 0.15) is 25.2 Å². The lowest BCUT2D eigenvalue weighted by atomic mass is 10.2. The summed E-state index contributed by atoms with van der Waals surface area (Å²) in [6, 6.07) is 1.97. The Kier molecular flexibility index (Phi) is 6.15. The zero-order valence-electron chi connectivity index (χ0n) is 10.3. The van der Waals surface area contributed by atoms with Gasteiger partial charge in [-0.2, -0.15) is 0 Å². The molecular weight excluding hydrogens is 206 g/mol. The second-order valence-electron chi connectivity index (χ2n) is 3.73. The van der Waals surface area contributed by atoms with E-state index >= 15 is 0 Å². The smallest absolute Gasteiger partial charge is 0.133 e. The number of ether oxygens (including phenoxy) is 2. The Balaban J connectivity index is 2.37. The summed E-state index contributed by atoms with van der Waals surface area (Å²) in [5.74, 6) is 0.893. The highest BCUT2D eigenvalue weighted by molar-refractivity contribution is 5.16. The van der Waals surface area contributed by atoms with Crippen molar-refractivity contribution in [2.75, 3.05) is 20.3 Å². The summed E-state index contributed by atoms with van der Waals surface area (Å²) < 4.78 is 16.0. The molecule has 0 aliphatic rings. The molecule has 0 aliphatic heterocycles. The molecule has 0 spiro atoms. The van der Waals surface area contributed by atoms with Gasteiger partial charge in [-0.15, -0.1) is 0 Å². The van der Waals surface area contributed by atoms with Crippen LogP contribution in [0.5, 0.6) is 0 Å². The van der Waals surface area contributed by atoms with E-state index in [1.54, 1.807) is 13.4 Å². The Labute approximate surface area is 96.9 Å². The van der Waals surface area contributed by atoms with Gasteiger partial charge in [0, 0.05) is 19.2 Å². The minimum Gasteiger partial charge on any atom is -0.467 e. The monoisotopic (exact) mass is 227 g/mol. The highest BCUT2D eigenvalue weighted by atomic mass is 16.5. The summed E-state index contributed by atoms with van der Waals surface area (Å²) in [5, 5.41) is 3.26. The van der Waals surface area contributed by atoms with Gasteiger partial charge >= 0.3 is 0 Å². The highest BCUT2D eigenvalue weighted by Gasteiger charge is 2.08. The average molecular weight is 227 g/mol. The molecule has 1 heterocycles. The van der Waals surface area contributed by atoms with Crippen molar-refractivity contribution in [3.8, 4) is 0 Å². The van der Waals surface area contributed by atoms with Gasteiger partial charge in [-0.1, -0.05) is 6.92 Å². The fourth-order valence-corrected chi connectivity index (χ4v) is 1.41. The number of hydrogen-bond acceptors (Lipinski definition) is 4. The number of hydrogen-bond donors (Lipinski definition) is 1. The van der Waals surface area contributed by atoms with Gasteiger partial charge in [-0.25, -0.2) is 0 Å². The van der Waals surface area contributed by atoms with Crippen LogP contribution in [0, 0.1) is 0 Å². The molecule has 1 aromatic heterocycles. The number of rotatable bonds is 8. The molecule has 16 heavy (non-hydrogen) atoms. The van der Waals surface area contributed by atoms with E-state index in [2.05, 4.69) is 12.2 Å². The Morgan fingerprint density at radius 1 is 1.50 bits per heavy atom. The first-order valence-corrected chi connectivity index (χ1v) is 5.64. The summed E-state index contributed by atoms with van der Waals surface area (Å²) >= 11 is 0. The summed E-state index contributed by atoms with van der Waals surface area (Å²) in [6.45, 7) is 6.94. The SMILES string of the molecule is CCNCc1ccoc1COC(C)COC. The maximum Gasteiger partial charge on any atom is 0.133 e. The van der Waals surface area contributed by atoms with E-state index in [0.29, 0.717) is 13.2 Å². The molecule has 1 aromatic rings. The molecule has 0 fully saturated rings. The normalized spacial score (nSPS) is 12.9. The van der Waals surface area contributed by atoms with E-state index in [4.69, 9.17) is 13.9 Å². The topological polar surface area (TPSA) is 43.6 Å². The van der Waals surface area contributed by atoms with E-state index < -0.39 is 0 Å². The summed E-state index contributed by atoms with van der Waals surface area (Å²) in [6.07, 6.45) is 1.79. The largest absolute Gasteiger partial charge is 0.467 e. The van der Waals surface area contributed by atoms with E-state index in [-0.39, 0.29) is 6.10 Å². The first-order chi connectivity index (χ1) is 7.77. The van der Waals surface area contributed by atoms with Gasteiger partial charge in [0.05, 0.1) is 19.0 Å². The van der Waals surface area contributed by atoms with Crippen molar-refractivity contribution in [2.24, 2.45) is 0 Å². The third-order valence-electron chi connectivity index (χ3n) is 2.30. The molecule has 0 aromatic carbocycles. The fraction of sp³-hybridized carbons (Fsp3) is 0.667. The van der Waals surface area contributed by atoms with Crippen molar-refractivity contribution in [3.63, 3.8) is 0 Å². The van der Waals surface area contributed by atoms with Crippen molar-refractivity contribution >= 4 is 0 Å². The van der Waals surface area contributed by atoms with Crippen LogP contribution in [0.3, 0.4) is 0 Å². The molecule has 0 amide bonds. The van der Waals surface area contributed by atoms with Crippen LogP contribution in [0.25, 0.3) is 0 Å². The summed E-state index contributed by atoms with van der Waals surface area (Å²) in [4.78, 5) is 0. The number of nitrogens with one attached hydrogen (secondary N) is 1.